The molecule has 1 saturated carbocycles. The molecule has 0 spiro atoms. The molecule has 0 unspecified atom stereocenters. The monoisotopic (exact) mass is 476 g/mol. The topological polar surface area (TPSA) is 138 Å². The molecule has 2 aliphatic heterocycles. The number of allylic oxidation sites excluding steroid dienone is 2. The SMILES string of the molecule is CC(=O)OC[C@H]1O[C@@H](N2C(=O)NC(=O)[C@@H]3C=C4CCCCC4=C[C@@H]32)[C@H](OC(C)=O)[C@@H]1OC(C)=O. The molecule has 11 nitrogen and oxygen atoms in total. The van der Waals surface area contributed by atoms with Crippen LogP contribution in [0.4, 0.5) is 4.79 Å². The van der Waals surface area contributed by atoms with Gasteiger partial charge in [0, 0.05) is 20.8 Å². The molecule has 3 amide bonds. The van der Waals surface area contributed by atoms with Crippen LogP contribution >= 0.6 is 0 Å². The van der Waals surface area contributed by atoms with Gasteiger partial charge in [-0.2, -0.15) is 0 Å². The second kappa shape index (κ2) is 9.57. The second-order valence-electron chi connectivity index (χ2n) is 8.82. The number of amides is 3. The molecule has 1 N–H and O–H groups in total. The smallest absolute Gasteiger partial charge is 0.326 e. The molecule has 11 heteroatoms. The van der Waals surface area contributed by atoms with Crippen LogP contribution in [0.3, 0.4) is 0 Å². The van der Waals surface area contributed by atoms with E-state index in [1.54, 1.807) is 0 Å². The summed E-state index contributed by atoms with van der Waals surface area (Å²) in [4.78, 5) is 62.2. The van der Waals surface area contributed by atoms with E-state index in [1.807, 2.05) is 12.2 Å². The summed E-state index contributed by atoms with van der Waals surface area (Å²) >= 11 is 0. The van der Waals surface area contributed by atoms with Crippen molar-refractivity contribution in [3.05, 3.63) is 23.3 Å². The lowest BCUT2D eigenvalue weighted by molar-refractivity contribution is -0.168. The first-order valence-electron chi connectivity index (χ1n) is 11.3. The Kier molecular flexibility index (Phi) is 6.74. The quantitative estimate of drug-likeness (QED) is 0.457. The highest BCUT2D eigenvalue weighted by atomic mass is 16.7. The average molecular weight is 476 g/mol. The first-order chi connectivity index (χ1) is 16.2. The number of imide groups is 1. The summed E-state index contributed by atoms with van der Waals surface area (Å²) in [5.41, 5.74) is 2.18. The van der Waals surface area contributed by atoms with Crippen LogP contribution in [0, 0.1) is 5.92 Å². The van der Waals surface area contributed by atoms with E-state index < -0.39 is 66.3 Å². The molecule has 0 bridgehead atoms. The molecule has 4 rings (SSSR count). The van der Waals surface area contributed by atoms with E-state index in [4.69, 9.17) is 18.9 Å². The van der Waals surface area contributed by atoms with Gasteiger partial charge in [-0.15, -0.1) is 0 Å². The van der Waals surface area contributed by atoms with Crippen molar-refractivity contribution in [2.75, 3.05) is 6.61 Å². The van der Waals surface area contributed by atoms with E-state index >= 15 is 0 Å². The molecular formula is C23H28N2O9. The summed E-state index contributed by atoms with van der Waals surface area (Å²) in [6, 6.07) is -1.39. The minimum Gasteiger partial charge on any atom is -0.463 e. The average Bonchev–Trinajstić information content (AvgIpc) is 3.07. The van der Waals surface area contributed by atoms with E-state index in [1.165, 1.54) is 25.7 Å². The number of carbonyl (C=O) groups is 5. The summed E-state index contributed by atoms with van der Waals surface area (Å²) in [6.45, 7) is 3.30. The highest BCUT2D eigenvalue weighted by Crippen LogP contribution is 2.40. The van der Waals surface area contributed by atoms with E-state index in [0.717, 1.165) is 36.8 Å². The standard InChI is InChI=1S/C23H28N2O9/c1-11(26)31-10-18-19(32-12(2)27)20(33-13(3)28)22(34-18)25-17-9-15-7-5-4-6-14(15)8-16(17)21(29)24-23(25)30/h8-9,16-20,22H,4-7,10H2,1-3H3,(H,24,29,30)/t16-,17+,18-,19-,20-,22-/m1/s1. The van der Waals surface area contributed by atoms with Gasteiger partial charge < -0.3 is 18.9 Å². The molecule has 0 aromatic rings. The first-order valence-corrected chi connectivity index (χ1v) is 11.3. The van der Waals surface area contributed by atoms with Crippen LogP contribution in [0.5, 0.6) is 0 Å². The van der Waals surface area contributed by atoms with Gasteiger partial charge in [-0.05, 0) is 36.8 Å². The van der Waals surface area contributed by atoms with Crippen LogP contribution < -0.4 is 5.32 Å². The fourth-order valence-electron chi connectivity index (χ4n) is 5.03. The zero-order valence-corrected chi connectivity index (χ0v) is 19.3. The number of ether oxygens (including phenoxy) is 4. The summed E-state index contributed by atoms with van der Waals surface area (Å²) in [5.74, 6) is -2.98. The third-order valence-corrected chi connectivity index (χ3v) is 6.38. The van der Waals surface area contributed by atoms with Gasteiger partial charge in [-0.25, -0.2) is 4.79 Å². The number of carbonyl (C=O) groups excluding carboxylic acids is 5. The maximum atomic E-state index is 13.1. The Hall–Kier alpha value is -3.21. The summed E-state index contributed by atoms with van der Waals surface area (Å²) in [7, 11) is 0. The lowest BCUT2D eigenvalue weighted by atomic mass is 9.78. The Morgan fingerprint density at radius 2 is 1.59 bits per heavy atom. The van der Waals surface area contributed by atoms with Crippen molar-refractivity contribution in [2.45, 2.75) is 77.0 Å². The Balaban J connectivity index is 1.70. The fourth-order valence-corrected chi connectivity index (χ4v) is 5.03. The Bertz CT molecular complexity index is 971. The Labute approximate surface area is 196 Å². The van der Waals surface area contributed by atoms with Crippen molar-refractivity contribution >= 4 is 29.8 Å². The van der Waals surface area contributed by atoms with Crippen molar-refractivity contribution in [3.8, 4) is 0 Å². The van der Waals surface area contributed by atoms with Gasteiger partial charge in [-0.1, -0.05) is 12.2 Å². The number of hydrogen-bond acceptors (Lipinski definition) is 9. The molecule has 184 valence electrons. The number of rotatable bonds is 5. The predicted molar refractivity (Wildman–Crippen MR) is 114 cm³/mol. The third-order valence-electron chi connectivity index (χ3n) is 6.38. The number of fused-ring (bicyclic) bond motifs is 2. The van der Waals surface area contributed by atoms with Gasteiger partial charge in [0.25, 0.3) is 0 Å². The fraction of sp³-hybridized carbons (Fsp3) is 0.609. The molecule has 6 atom stereocenters. The molecule has 2 saturated heterocycles. The van der Waals surface area contributed by atoms with Crippen molar-refractivity contribution < 1.29 is 42.9 Å². The lowest BCUT2D eigenvalue weighted by Gasteiger charge is -2.44. The summed E-state index contributed by atoms with van der Waals surface area (Å²) in [5, 5.41) is 2.36. The van der Waals surface area contributed by atoms with Gasteiger partial charge in [0.05, 0.1) is 12.0 Å². The minimum atomic E-state index is -1.20. The molecule has 2 aliphatic carbocycles. The predicted octanol–water partition coefficient (Wildman–Crippen LogP) is 1.11. The van der Waals surface area contributed by atoms with Crippen molar-refractivity contribution in [3.63, 3.8) is 0 Å². The maximum absolute atomic E-state index is 13.1. The van der Waals surface area contributed by atoms with E-state index in [9.17, 15) is 24.0 Å². The van der Waals surface area contributed by atoms with Gasteiger partial charge in [0.1, 0.15) is 12.7 Å². The molecule has 4 aliphatic rings. The van der Waals surface area contributed by atoms with Crippen molar-refractivity contribution in [1.82, 2.24) is 10.2 Å². The minimum absolute atomic E-state index is 0.283. The second-order valence-corrected chi connectivity index (χ2v) is 8.82. The number of hydrogen-bond donors (Lipinski definition) is 1. The summed E-state index contributed by atoms with van der Waals surface area (Å²) < 4.78 is 21.9. The maximum Gasteiger partial charge on any atom is 0.326 e. The van der Waals surface area contributed by atoms with Crippen LogP contribution in [-0.2, 0) is 38.1 Å². The normalized spacial score (nSPS) is 32.5. The highest BCUT2D eigenvalue weighted by Gasteiger charge is 2.56. The van der Waals surface area contributed by atoms with Crippen molar-refractivity contribution in [2.24, 2.45) is 5.92 Å². The van der Waals surface area contributed by atoms with E-state index in [-0.39, 0.29) is 6.61 Å². The Morgan fingerprint density at radius 3 is 2.21 bits per heavy atom. The third kappa shape index (κ3) is 4.70. The molecule has 0 aromatic carbocycles. The van der Waals surface area contributed by atoms with Crippen LogP contribution in [0.25, 0.3) is 0 Å². The van der Waals surface area contributed by atoms with Crippen LogP contribution in [0.2, 0.25) is 0 Å². The van der Waals surface area contributed by atoms with Gasteiger partial charge in [-0.3, -0.25) is 29.4 Å². The van der Waals surface area contributed by atoms with Crippen LogP contribution in [0.15, 0.2) is 23.3 Å². The molecule has 3 fully saturated rings. The number of nitrogens with one attached hydrogen (secondary N) is 1. The Morgan fingerprint density at radius 1 is 0.971 bits per heavy atom. The van der Waals surface area contributed by atoms with Crippen LogP contribution in [-0.4, -0.2) is 71.9 Å². The molecule has 0 aromatic heterocycles. The van der Waals surface area contributed by atoms with Crippen LogP contribution in [0.1, 0.15) is 46.5 Å². The van der Waals surface area contributed by atoms with E-state index in [2.05, 4.69) is 5.32 Å². The molecule has 34 heavy (non-hydrogen) atoms. The highest BCUT2D eigenvalue weighted by molar-refractivity contribution is 6.00. The first kappa shape index (κ1) is 23.9. The zero-order valence-electron chi connectivity index (χ0n) is 19.3. The van der Waals surface area contributed by atoms with Gasteiger partial charge in [0.2, 0.25) is 5.91 Å². The number of urea groups is 1. The van der Waals surface area contributed by atoms with Gasteiger partial charge >= 0.3 is 23.9 Å². The zero-order chi connectivity index (χ0) is 24.6. The summed E-state index contributed by atoms with van der Waals surface area (Å²) in [6.07, 6.45) is 3.03. The molecule has 2 heterocycles. The van der Waals surface area contributed by atoms with Crippen molar-refractivity contribution in [1.29, 1.82) is 0 Å². The van der Waals surface area contributed by atoms with Gasteiger partial charge in [0.15, 0.2) is 18.4 Å². The van der Waals surface area contributed by atoms with E-state index in [0.29, 0.717) is 0 Å². The number of nitrogens with zero attached hydrogens (tertiary/aromatic N) is 1. The molecular weight excluding hydrogens is 448 g/mol. The largest absolute Gasteiger partial charge is 0.463 e. The lowest BCUT2D eigenvalue weighted by Crippen LogP contribution is -2.65. The number of esters is 3. The molecule has 0 radical (unpaired) electrons.